The summed E-state index contributed by atoms with van der Waals surface area (Å²) in [6, 6.07) is 16.4. The summed E-state index contributed by atoms with van der Waals surface area (Å²) in [5.41, 5.74) is 0.637. The van der Waals surface area contributed by atoms with Crippen LogP contribution in [0.4, 0.5) is 5.69 Å². The molecule has 1 unspecified atom stereocenters. The summed E-state index contributed by atoms with van der Waals surface area (Å²) in [6.07, 6.45) is 5.19. The number of hydrogen-bond donors (Lipinski definition) is 1. The van der Waals surface area contributed by atoms with Gasteiger partial charge in [0.05, 0.1) is 17.2 Å². The summed E-state index contributed by atoms with van der Waals surface area (Å²) in [4.78, 5) is 29.5. The normalized spacial score (nSPS) is 14.4. The molecule has 1 fully saturated rings. The number of hydrogen-bond acceptors (Lipinski definition) is 5. The number of ether oxygens (including phenoxy) is 1. The van der Waals surface area contributed by atoms with E-state index in [4.69, 9.17) is 39.5 Å². The lowest BCUT2D eigenvalue weighted by Crippen LogP contribution is -2.54. The molecule has 4 rings (SSSR count). The van der Waals surface area contributed by atoms with E-state index in [1.54, 1.807) is 49.4 Å². The van der Waals surface area contributed by atoms with Gasteiger partial charge in [-0.1, -0.05) is 79.2 Å². The SMILES string of the molecule is CCOc1ccccc1N(CC(=O)N(Cc1c(Cl)cccc1Cl)C(CC)C(=O)NC1CCCCC1)S(=O)(=O)c1ccc(Cl)cc1. The van der Waals surface area contributed by atoms with E-state index in [2.05, 4.69) is 5.32 Å². The molecule has 0 aliphatic heterocycles. The minimum absolute atomic E-state index is 0.0148. The first kappa shape index (κ1) is 34.9. The lowest BCUT2D eigenvalue weighted by atomic mass is 9.95. The van der Waals surface area contributed by atoms with Gasteiger partial charge in [-0.05, 0) is 74.7 Å². The quantitative estimate of drug-likeness (QED) is 0.200. The molecule has 2 amide bonds. The van der Waals surface area contributed by atoms with Crippen molar-refractivity contribution in [2.75, 3.05) is 17.5 Å². The van der Waals surface area contributed by atoms with Gasteiger partial charge in [-0.3, -0.25) is 13.9 Å². The summed E-state index contributed by atoms with van der Waals surface area (Å²) >= 11 is 19.1. The molecule has 0 spiro atoms. The van der Waals surface area contributed by atoms with E-state index >= 15 is 0 Å². The molecule has 0 bridgehead atoms. The second kappa shape index (κ2) is 16.0. The number of carbonyl (C=O) groups excluding carboxylic acids is 2. The zero-order chi connectivity index (χ0) is 32.6. The van der Waals surface area contributed by atoms with Crippen LogP contribution in [-0.2, 0) is 26.2 Å². The molecule has 45 heavy (non-hydrogen) atoms. The van der Waals surface area contributed by atoms with E-state index in [1.807, 2.05) is 6.92 Å². The monoisotopic (exact) mass is 693 g/mol. The van der Waals surface area contributed by atoms with Crippen molar-refractivity contribution in [2.45, 2.75) is 75.9 Å². The predicted octanol–water partition coefficient (Wildman–Crippen LogP) is 7.50. The third kappa shape index (κ3) is 8.64. The molecular formula is C33H38Cl3N3O5S. The van der Waals surface area contributed by atoms with Crippen molar-refractivity contribution in [3.05, 3.63) is 87.4 Å². The first-order valence-corrected chi connectivity index (χ1v) is 17.7. The average molecular weight is 695 g/mol. The Kier molecular flexibility index (Phi) is 12.4. The third-order valence-electron chi connectivity index (χ3n) is 7.84. The molecule has 1 N–H and O–H groups in total. The molecule has 3 aromatic carbocycles. The van der Waals surface area contributed by atoms with Gasteiger partial charge in [0.1, 0.15) is 18.3 Å². The van der Waals surface area contributed by atoms with Crippen LogP contribution in [0.25, 0.3) is 0 Å². The number of amides is 2. The van der Waals surface area contributed by atoms with Crippen molar-refractivity contribution in [1.82, 2.24) is 10.2 Å². The number of para-hydroxylation sites is 2. The Morgan fingerprint density at radius 2 is 1.56 bits per heavy atom. The van der Waals surface area contributed by atoms with Gasteiger partial charge >= 0.3 is 0 Å². The highest BCUT2D eigenvalue weighted by atomic mass is 35.5. The number of halogens is 3. The van der Waals surface area contributed by atoms with Gasteiger partial charge in [-0.2, -0.15) is 0 Å². The van der Waals surface area contributed by atoms with Crippen LogP contribution in [0.2, 0.25) is 15.1 Å². The van der Waals surface area contributed by atoms with Gasteiger partial charge in [0.15, 0.2) is 0 Å². The predicted molar refractivity (Wildman–Crippen MR) is 180 cm³/mol. The molecule has 1 aliphatic rings. The van der Waals surface area contributed by atoms with Crippen LogP contribution in [0.1, 0.15) is 57.9 Å². The fourth-order valence-corrected chi connectivity index (χ4v) is 7.57. The van der Waals surface area contributed by atoms with Crippen molar-refractivity contribution < 1.29 is 22.7 Å². The van der Waals surface area contributed by atoms with Crippen molar-refractivity contribution in [1.29, 1.82) is 0 Å². The van der Waals surface area contributed by atoms with Gasteiger partial charge in [0, 0.05) is 33.2 Å². The second-order valence-corrected chi connectivity index (χ2v) is 14.0. The fraction of sp³-hybridized carbons (Fsp3) is 0.394. The topological polar surface area (TPSA) is 96.0 Å². The van der Waals surface area contributed by atoms with Crippen molar-refractivity contribution in [3.8, 4) is 5.75 Å². The van der Waals surface area contributed by atoms with Crippen LogP contribution in [0.3, 0.4) is 0 Å². The highest BCUT2D eigenvalue weighted by Crippen LogP contribution is 2.34. The number of anilines is 1. The molecule has 0 aromatic heterocycles. The average Bonchev–Trinajstić information content (AvgIpc) is 3.02. The molecule has 12 heteroatoms. The number of carbonyl (C=O) groups is 2. The molecule has 0 radical (unpaired) electrons. The van der Waals surface area contributed by atoms with Crippen LogP contribution < -0.4 is 14.4 Å². The Bertz CT molecular complexity index is 1560. The van der Waals surface area contributed by atoms with Crippen LogP contribution in [-0.4, -0.2) is 50.4 Å². The minimum atomic E-state index is -4.31. The minimum Gasteiger partial charge on any atom is -0.492 e. The Morgan fingerprint density at radius 1 is 0.911 bits per heavy atom. The zero-order valence-corrected chi connectivity index (χ0v) is 28.4. The van der Waals surface area contributed by atoms with Gasteiger partial charge in [0.2, 0.25) is 11.8 Å². The smallest absolute Gasteiger partial charge is 0.264 e. The Morgan fingerprint density at radius 3 is 2.18 bits per heavy atom. The highest BCUT2D eigenvalue weighted by molar-refractivity contribution is 7.92. The van der Waals surface area contributed by atoms with E-state index in [-0.39, 0.29) is 47.9 Å². The van der Waals surface area contributed by atoms with E-state index < -0.39 is 28.5 Å². The molecule has 242 valence electrons. The van der Waals surface area contributed by atoms with E-state index in [9.17, 15) is 18.0 Å². The summed E-state index contributed by atoms with van der Waals surface area (Å²) in [6.45, 7) is 3.15. The number of nitrogens with one attached hydrogen (secondary N) is 1. The van der Waals surface area contributed by atoms with E-state index in [0.717, 1.165) is 36.4 Å². The molecule has 3 aromatic rings. The maximum Gasteiger partial charge on any atom is 0.264 e. The third-order valence-corrected chi connectivity index (χ3v) is 10.6. The summed E-state index contributed by atoms with van der Waals surface area (Å²) in [7, 11) is -4.31. The lowest BCUT2D eigenvalue weighted by molar-refractivity contribution is -0.140. The van der Waals surface area contributed by atoms with Gasteiger partial charge in [-0.15, -0.1) is 0 Å². The largest absolute Gasteiger partial charge is 0.492 e. The van der Waals surface area contributed by atoms with Crippen molar-refractivity contribution in [2.24, 2.45) is 0 Å². The molecule has 0 heterocycles. The summed E-state index contributed by atoms with van der Waals surface area (Å²) in [5, 5.41) is 4.15. The molecule has 1 atom stereocenters. The Labute approximate surface area is 280 Å². The lowest BCUT2D eigenvalue weighted by Gasteiger charge is -2.35. The highest BCUT2D eigenvalue weighted by Gasteiger charge is 2.36. The molecule has 1 saturated carbocycles. The molecule has 0 saturated heterocycles. The Hall–Kier alpha value is -2.98. The fourth-order valence-electron chi connectivity index (χ4n) is 5.51. The number of sulfonamides is 1. The van der Waals surface area contributed by atoms with E-state index in [0.29, 0.717) is 20.6 Å². The molecular weight excluding hydrogens is 657 g/mol. The van der Waals surface area contributed by atoms with Crippen LogP contribution in [0, 0.1) is 0 Å². The number of benzene rings is 3. The number of nitrogens with zero attached hydrogens (tertiary/aromatic N) is 2. The standard InChI is InChI=1S/C33H38Cl3N3O5S/c1-3-29(33(41)37-24-11-6-5-7-12-24)38(21-26-27(35)13-10-14-28(26)36)32(40)22-39(30-15-8-9-16-31(30)44-4-2)45(42,43)25-19-17-23(34)18-20-25/h8-10,13-20,24,29H,3-7,11-12,21-22H2,1-2H3,(H,37,41). The van der Waals surface area contributed by atoms with E-state index in [1.165, 1.54) is 29.2 Å². The zero-order valence-electron chi connectivity index (χ0n) is 25.3. The Balaban J connectivity index is 1.78. The first-order chi connectivity index (χ1) is 21.6. The summed E-state index contributed by atoms with van der Waals surface area (Å²) < 4.78 is 35.2. The first-order valence-electron chi connectivity index (χ1n) is 15.1. The van der Waals surface area contributed by atoms with Gasteiger partial charge < -0.3 is 15.0 Å². The van der Waals surface area contributed by atoms with Crippen LogP contribution in [0.15, 0.2) is 71.6 Å². The van der Waals surface area contributed by atoms with Crippen LogP contribution in [0.5, 0.6) is 5.75 Å². The second-order valence-electron chi connectivity index (χ2n) is 10.9. The van der Waals surface area contributed by atoms with Gasteiger partial charge in [-0.25, -0.2) is 8.42 Å². The maximum atomic E-state index is 14.4. The van der Waals surface area contributed by atoms with Crippen molar-refractivity contribution in [3.63, 3.8) is 0 Å². The number of rotatable bonds is 13. The van der Waals surface area contributed by atoms with Crippen molar-refractivity contribution >= 4 is 62.3 Å². The van der Waals surface area contributed by atoms with Gasteiger partial charge in [0.25, 0.3) is 10.0 Å². The summed E-state index contributed by atoms with van der Waals surface area (Å²) in [5.74, 6) is -0.628. The molecule has 1 aliphatic carbocycles. The maximum absolute atomic E-state index is 14.4. The van der Waals surface area contributed by atoms with Crippen LogP contribution >= 0.6 is 34.8 Å². The molecule has 8 nitrogen and oxygen atoms in total.